The first-order valence-corrected chi connectivity index (χ1v) is 12.5. The molecule has 192 valence electrons. The van der Waals surface area contributed by atoms with Crippen LogP contribution in [0.5, 0.6) is 0 Å². The predicted molar refractivity (Wildman–Crippen MR) is 140 cm³/mol. The third kappa shape index (κ3) is 6.97. The van der Waals surface area contributed by atoms with Gasteiger partial charge in [0.25, 0.3) is 0 Å². The maximum Gasteiger partial charge on any atom is 0.322 e. The Bertz CT molecular complexity index is 1290. The Kier molecular flexibility index (Phi) is 8.91. The average molecular weight is 505 g/mol. The number of rotatable bonds is 11. The van der Waals surface area contributed by atoms with Gasteiger partial charge in [-0.05, 0) is 45.7 Å². The van der Waals surface area contributed by atoms with Crippen LogP contribution in [-0.2, 0) is 6.54 Å². The highest BCUT2D eigenvalue weighted by Gasteiger charge is 2.17. The summed E-state index contributed by atoms with van der Waals surface area (Å²) in [6.45, 7) is 3.04. The van der Waals surface area contributed by atoms with Gasteiger partial charge < -0.3 is 10.2 Å². The molecule has 0 aliphatic heterocycles. The van der Waals surface area contributed by atoms with E-state index in [1.54, 1.807) is 4.90 Å². The van der Waals surface area contributed by atoms with Gasteiger partial charge >= 0.3 is 6.03 Å². The number of aromatic nitrogens is 4. The third-order valence-electron chi connectivity index (χ3n) is 6.16. The molecule has 0 fully saturated rings. The molecule has 0 unspecified atom stereocenters. The van der Waals surface area contributed by atoms with E-state index < -0.39 is 17.7 Å². The van der Waals surface area contributed by atoms with Crippen LogP contribution in [0.25, 0.3) is 22.5 Å². The first kappa shape index (κ1) is 25.9. The monoisotopic (exact) mass is 504 g/mol. The van der Waals surface area contributed by atoms with Crippen molar-refractivity contribution in [1.82, 2.24) is 25.5 Å². The number of nitrogens with zero attached hydrogens (tertiary/aromatic N) is 4. The molecule has 2 N–H and O–H groups in total. The highest BCUT2D eigenvalue weighted by molar-refractivity contribution is 5.89. The van der Waals surface area contributed by atoms with Gasteiger partial charge in [0.15, 0.2) is 5.82 Å². The number of amides is 2. The van der Waals surface area contributed by atoms with Crippen LogP contribution in [0.4, 0.5) is 19.3 Å². The van der Waals surface area contributed by atoms with E-state index in [0.29, 0.717) is 18.9 Å². The van der Waals surface area contributed by atoms with Gasteiger partial charge in [-0.15, -0.1) is 5.10 Å². The van der Waals surface area contributed by atoms with E-state index in [9.17, 15) is 13.6 Å². The number of carbonyl (C=O) groups is 1. The lowest BCUT2D eigenvalue weighted by Crippen LogP contribution is -2.35. The molecule has 3 aromatic carbocycles. The second-order valence-electron chi connectivity index (χ2n) is 8.88. The van der Waals surface area contributed by atoms with Crippen LogP contribution in [0.1, 0.15) is 44.6 Å². The fourth-order valence-corrected chi connectivity index (χ4v) is 4.17. The van der Waals surface area contributed by atoms with Crippen LogP contribution in [0.3, 0.4) is 0 Å². The smallest absolute Gasteiger partial charge is 0.320 e. The molecule has 0 atom stereocenters. The molecule has 0 radical (unpaired) electrons. The molecule has 0 saturated carbocycles. The first-order valence-electron chi connectivity index (χ1n) is 12.5. The zero-order valence-electron chi connectivity index (χ0n) is 20.8. The lowest BCUT2D eigenvalue weighted by atomic mass is 9.98. The molecule has 0 saturated heterocycles. The number of unbranched alkanes of at least 4 members (excludes halogenated alkanes) is 4. The number of H-pyrrole nitrogens is 1. The lowest BCUT2D eigenvalue weighted by molar-refractivity contribution is 0.207. The Morgan fingerprint density at radius 3 is 2.41 bits per heavy atom. The van der Waals surface area contributed by atoms with Gasteiger partial charge in [0.1, 0.15) is 11.6 Å². The fraction of sp³-hybridized carbons (Fsp3) is 0.286. The number of halogens is 2. The Hall–Kier alpha value is -4.14. The number of anilines is 1. The largest absolute Gasteiger partial charge is 0.322 e. The van der Waals surface area contributed by atoms with Crippen molar-refractivity contribution in [2.24, 2.45) is 0 Å². The number of hydrogen-bond acceptors (Lipinski definition) is 4. The quantitative estimate of drug-likeness (QED) is 0.220. The molecule has 0 spiro atoms. The van der Waals surface area contributed by atoms with Crippen molar-refractivity contribution in [3.8, 4) is 22.5 Å². The molecule has 2 amide bonds. The summed E-state index contributed by atoms with van der Waals surface area (Å²) in [5.74, 6) is -0.913. The maximum atomic E-state index is 14.1. The molecule has 0 aliphatic rings. The minimum atomic E-state index is -0.804. The van der Waals surface area contributed by atoms with Crippen molar-refractivity contribution >= 4 is 11.7 Å². The summed E-state index contributed by atoms with van der Waals surface area (Å²) in [7, 11) is 0. The van der Waals surface area contributed by atoms with Crippen molar-refractivity contribution in [2.45, 2.75) is 45.6 Å². The summed E-state index contributed by atoms with van der Waals surface area (Å²) < 4.78 is 27.4. The minimum Gasteiger partial charge on any atom is -0.320 e. The SMILES string of the molecule is CCCCCCCN(Cc1ccc(-c2ccccc2-c2nnn[nH]2)cc1)C(=O)Nc1ccc(F)cc1F. The number of nitrogens with one attached hydrogen (secondary N) is 2. The van der Waals surface area contributed by atoms with Gasteiger partial charge in [0.2, 0.25) is 0 Å². The van der Waals surface area contributed by atoms with Crippen LogP contribution in [0, 0.1) is 11.6 Å². The highest BCUT2D eigenvalue weighted by atomic mass is 19.1. The summed E-state index contributed by atoms with van der Waals surface area (Å²) in [4.78, 5) is 14.7. The van der Waals surface area contributed by atoms with Gasteiger partial charge in [-0.3, -0.25) is 0 Å². The van der Waals surface area contributed by atoms with E-state index in [1.165, 1.54) is 6.07 Å². The molecule has 4 rings (SSSR count). The summed E-state index contributed by atoms with van der Waals surface area (Å²) in [6.07, 6.45) is 5.24. The van der Waals surface area contributed by atoms with Gasteiger partial charge in [0, 0.05) is 24.7 Å². The zero-order chi connectivity index (χ0) is 26.0. The molecule has 1 heterocycles. The number of benzene rings is 3. The van der Waals surface area contributed by atoms with Crippen LogP contribution < -0.4 is 5.32 Å². The number of aromatic amines is 1. The topological polar surface area (TPSA) is 86.8 Å². The van der Waals surface area contributed by atoms with Gasteiger partial charge in [-0.25, -0.2) is 18.7 Å². The minimum absolute atomic E-state index is 0.0451. The van der Waals surface area contributed by atoms with Gasteiger partial charge in [-0.1, -0.05) is 81.1 Å². The normalized spacial score (nSPS) is 10.9. The molecule has 4 aromatic rings. The molecule has 0 aliphatic carbocycles. The van der Waals surface area contributed by atoms with Crippen molar-refractivity contribution in [2.75, 3.05) is 11.9 Å². The van der Waals surface area contributed by atoms with Crippen molar-refractivity contribution in [3.63, 3.8) is 0 Å². The first-order chi connectivity index (χ1) is 18.0. The van der Waals surface area contributed by atoms with Crippen molar-refractivity contribution in [1.29, 1.82) is 0 Å². The van der Waals surface area contributed by atoms with Crippen LogP contribution >= 0.6 is 0 Å². The molecule has 0 bridgehead atoms. The Morgan fingerprint density at radius 2 is 1.70 bits per heavy atom. The lowest BCUT2D eigenvalue weighted by Gasteiger charge is -2.24. The molecule has 7 nitrogen and oxygen atoms in total. The van der Waals surface area contributed by atoms with E-state index in [-0.39, 0.29) is 5.69 Å². The van der Waals surface area contributed by atoms with E-state index in [4.69, 9.17) is 0 Å². The van der Waals surface area contributed by atoms with E-state index in [1.807, 2.05) is 48.5 Å². The summed E-state index contributed by atoms with van der Waals surface area (Å²) in [6, 6.07) is 18.5. The second-order valence-corrected chi connectivity index (χ2v) is 8.88. The fourth-order valence-electron chi connectivity index (χ4n) is 4.17. The number of hydrogen-bond donors (Lipinski definition) is 2. The van der Waals surface area contributed by atoms with Gasteiger partial charge in [0.05, 0.1) is 5.69 Å². The van der Waals surface area contributed by atoms with E-state index in [2.05, 4.69) is 32.9 Å². The average Bonchev–Trinajstić information content (AvgIpc) is 3.45. The molecular formula is C28H30F2N6O. The Labute approximate surface area is 214 Å². The second kappa shape index (κ2) is 12.7. The van der Waals surface area contributed by atoms with Gasteiger partial charge in [-0.2, -0.15) is 0 Å². The van der Waals surface area contributed by atoms with Crippen molar-refractivity contribution < 1.29 is 13.6 Å². The van der Waals surface area contributed by atoms with Crippen molar-refractivity contribution in [3.05, 3.63) is 83.9 Å². The zero-order valence-corrected chi connectivity index (χ0v) is 20.8. The van der Waals surface area contributed by atoms with Crippen LogP contribution in [0.2, 0.25) is 0 Å². The standard InChI is InChI=1S/C28H30F2N6O/c1-2-3-4-5-8-17-36(28(37)31-26-16-15-22(29)18-25(26)30)19-20-11-13-21(14-12-20)23-9-6-7-10-24(23)27-32-34-35-33-27/h6-7,9-16,18H,2-5,8,17,19H2,1H3,(H,31,37)(H,32,33,34,35). The Balaban J connectivity index is 1.49. The predicted octanol–water partition coefficient (Wildman–Crippen LogP) is 6.82. The molecule has 37 heavy (non-hydrogen) atoms. The maximum absolute atomic E-state index is 14.1. The summed E-state index contributed by atoms with van der Waals surface area (Å²) in [5, 5.41) is 16.8. The number of urea groups is 1. The number of carbonyl (C=O) groups excluding carboxylic acids is 1. The highest BCUT2D eigenvalue weighted by Crippen LogP contribution is 2.30. The summed E-state index contributed by atoms with van der Waals surface area (Å²) >= 11 is 0. The van der Waals surface area contributed by atoms with E-state index >= 15 is 0 Å². The molecular weight excluding hydrogens is 474 g/mol. The van der Waals surface area contributed by atoms with Crippen LogP contribution in [-0.4, -0.2) is 38.1 Å². The third-order valence-corrected chi connectivity index (χ3v) is 6.16. The Morgan fingerprint density at radius 1 is 0.946 bits per heavy atom. The van der Waals surface area contributed by atoms with E-state index in [0.717, 1.165) is 66.5 Å². The molecule has 9 heteroatoms. The summed E-state index contributed by atoms with van der Waals surface area (Å²) in [5.41, 5.74) is 3.74. The number of tetrazole rings is 1. The molecule has 1 aromatic heterocycles. The van der Waals surface area contributed by atoms with Crippen LogP contribution in [0.15, 0.2) is 66.7 Å².